The molecular weight excluding hydrogens is 322 g/mol. The number of carbonyl (C=O) groups is 1. The Kier molecular flexibility index (Phi) is 5.64. The number of rotatable bonds is 7. The lowest BCUT2D eigenvalue weighted by Crippen LogP contribution is -2.49. The molecule has 140 valence electrons. The first-order valence-electron chi connectivity index (χ1n) is 8.52. The fourth-order valence-electron chi connectivity index (χ4n) is 2.97. The van der Waals surface area contributed by atoms with Crippen LogP contribution in [-0.2, 0) is 11.2 Å². The summed E-state index contributed by atoms with van der Waals surface area (Å²) < 4.78 is 16.8. The van der Waals surface area contributed by atoms with E-state index in [4.69, 9.17) is 14.2 Å². The number of hydrogen-bond acceptors (Lipinski definition) is 6. The van der Waals surface area contributed by atoms with Crippen LogP contribution in [0.4, 0.5) is 0 Å². The molecule has 25 heavy (non-hydrogen) atoms. The van der Waals surface area contributed by atoms with Crippen molar-refractivity contribution in [2.24, 2.45) is 0 Å². The van der Waals surface area contributed by atoms with E-state index in [9.17, 15) is 9.90 Å². The second kappa shape index (κ2) is 7.22. The summed E-state index contributed by atoms with van der Waals surface area (Å²) >= 11 is 0. The van der Waals surface area contributed by atoms with Crippen molar-refractivity contribution >= 4 is 5.97 Å². The van der Waals surface area contributed by atoms with Crippen LogP contribution in [0.25, 0.3) is 0 Å². The number of aliphatic hydroxyl groups is 1. The molecule has 0 amide bonds. The number of esters is 1. The molecule has 0 aromatic heterocycles. The molecule has 0 fully saturated rings. The number of fused-ring (bicyclic) bond motifs is 1. The van der Waals surface area contributed by atoms with E-state index in [1.807, 2.05) is 34.6 Å². The Balaban J connectivity index is 2.23. The molecule has 2 rings (SSSR count). The highest BCUT2D eigenvalue weighted by Crippen LogP contribution is 2.37. The van der Waals surface area contributed by atoms with Crippen molar-refractivity contribution in [2.45, 2.75) is 58.2 Å². The van der Waals surface area contributed by atoms with Gasteiger partial charge in [0.2, 0.25) is 0 Å². The largest absolute Gasteiger partial charge is 0.497 e. The van der Waals surface area contributed by atoms with Gasteiger partial charge in [-0.2, -0.15) is 0 Å². The quantitative estimate of drug-likeness (QED) is 0.734. The van der Waals surface area contributed by atoms with E-state index >= 15 is 0 Å². The molecule has 1 aromatic rings. The minimum atomic E-state index is -0.570. The SMILES string of the molecule is COc1cc(OCC(C)NC(C)(C)CO)c2c(c1)C(=O)OC(C)(C)C2. The van der Waals surface area contributed by atoms with Crippen molar-refractivity contribution in [3.63, 3.8) is 0 Å². The Hall–Kier alpha value is -1.79. The molecule has 6 nitrogen and oxygen atoms in total. The fourth-order valence-corrected chi connectivity index (χ4v) is 2.97. The van der Waals surface area contributed by atoms with Crippen LogP contribution in [0.3, 0.4) is 0 Å². The highest BCUT2D eigenvalue weighted by atomic mass is 16.6. The number of ether oxygens (including phenoxy) is 3. The van der Waals surface area contributed by atoms with Gasteiger partial charge in [-0.15, -0.1) is 0 Å². The van der Waals surface area contributed by atoms with E-state index in [1.165, 1.54) is 0 Å². The summed E-state index contributed by atoms with van der Waals surface area (Å²) in [5, 5.41) is 12.7. The first kappa shape index (κ1) is 19.5. The number of nitrogens with one attached hydrogen (secondary N) is 1. The highest BCUT2D eigenvalue weighted by molar-refractivity contribution is 5.94. The van der Waals surface area contributed by atoms with Gasteiger partial charge in [0.05, 0.1) is 19.3 Å². The van der Waals surface area contributed by atoms with Crippen molar-refractivity contribution in [1.82, 2.24) is 5.32 Å². The van der Waals surface area contributed by atoms with Crippen molar-refractivity contribution in [3.05, 3.63) is 23.3 Å². The van der Waals surface area contributed by atoms with Gasteiger partial charge >= 0.3 is 5.97 Å². The van der Waals surface area contributed by atoms with Gasteiger partial charge in [0.25, 0.3) is 0 Å². The van der Waals surface area contributed by atoms with Crippen molar-refractivity contribution in [3.8, 4) is 11.5 Å². The fraction of sp³-hybridized carbons (Fsp3) is 0.632. The van der Waals surface area contributed by atoms with Crippen molar-refractivity contribution < 1.29 is 24.1 Å². The minimum absolute atomic E-state index is 0.0209. The van der Waals surface area contributed by atoms with E-state index in [0.29, 0.717) is 30.1 Å². The van der Waals surface area contributed by atoms with Gasteiger partial charge in [0, 0.05) is 29.6 Å². The van der Waals surface area contributed by atoms with Crippen LogP contribution in [-0.4, -0.2) is 48.6 Å². The van der Waals surface area contributed by atoms with E-state index in [-0.39, 0.29) is 24.2 Å². The summed E-state index contributed by atoms with van der Waals surface area (Å²) in [5.41, 5.74) is 0.377. The van der Waals surface area contributed by atoms with Gasteiger partial charge in [-0.05, 0) is 40.7 Å². The average molecular weight is 351 g/mol. The van der Waals surface area contributed by atoms with Crippen LogP contribution in [0.15, 0.2) is 12.1 Å². The molecule has 1 heterocycles. The van der Waals surface area contributed by atoms with E-state index in [2.05, 4.69) is 5.32 Å². The van der Waals surface area contributed by atoms with Gasteiger partial charge < -0.3 is 24.6 Å². The van der Waals surface area contributed by atoms with Crippen LogP contribution in [0, 0.1) is 0 Å². The van der Waals surface area contributed by atoms with Crippen LogP contribution in [0.5, 0.6) is 11.5 Å². The first-order chi connectivity index (χ1) is 11.6. The monoisotopic (exact) mass is 351 g/mol. The summed E-state index contributed by atoms with van der Waals surface area (Å²) in [5.74, 6) is 0.832. The molecule has 0 spiro atoms. The van der Waals surface area contributed by atoms with Crippen molar-refractivity contribution in [1.29, 1.82) is 0 Å². The zero-order valence-corrected chi connectivity index (χ0v) is 15.9. The van der Waals surface area contributed by atoms with Gasteiger partial charge in [-0.1, -0.05) is 0 Å². The highest BCUT2D eigenvalue weighted by Gasteiger charge is 2.35. The predicted molar refractivity (Wildman–Crippen MR) is 95.5 cm³/mol. The van der Waals surface area contributed by atoms with Gasteiger partial charge in [-0.25, -0.2) is 4.79 Å². The van der Waals surface area contributed by atoms with Crippen LogP contribution in [0.1, 0.15) is 50.5 Å². The van der Waals surface area contributed by atoms with Gasteiger partial charge in [-0.3, -0.25) is 0 Å². The number of benzene rings is 1. The number of hydrogen-bond donors (Lipinski definition) is 2. The third kappa shape index (κ3) is 4.86. The maximum absolute atomic E-state index is 12.3. The predicted octanol–water partition coefficient (Wildman–Crippen LogP) is 2.31. The lowest BCUT2D eigenvalue weighted by atomic mass is 9.90. The second-order valence-electron chi connectivity index (χ2n) is 7.88. The van der Waals surface area contributed by atoms with Crippen LogP contribution in [0.2, 0.25) is 0 Å². The molecular formula is C19H29NO5. The van der Waals surface area contributed by atoms with E-state index in [0.717, 1.165) is 5.56 Å². The Morgan fingerprint density at radius 3 is 2.68 bits per heavy atom. The maximum Gasteiger partial charge on any atom is 0.339 e. The van der Waals surface area contributed by atoms with E-state index < -0.39 is 5.60 Å². The Morgan fingerprint density at radius 1 is 1.40 bits per heavy atom. The Labute approximate surface area is 149 Å². The smallest absolute Gasteiger partial charge is 0.339 e. The lowest BCUT2D eigenvalue weighted by molar-refractivity contribution is -0.00705. The molecule has 0 saturated heterocycles. The number of cyclic esters (lactones) is 1. The lowest BCUT2D eigenvalue weighted by Gasteiger charge is -2.33. The van der Waals surface area contributed by atoms with Crippen LogP contribution < -0.4 is 14.8 Å². The molecule has 1 aliphatic heterocycles. The average Bonchev–Trinajstić information content (AvgIpc) is 2.51. The standard InChI is InChI=1S/C19H29NO5/c1-12(20-18(2,3)11-21)10-24-16-8-13(23-6)7-14-15(16)9-19(4,5)25-17(14)22/h7-8,12,20-21H,9-11H2,1-6H3. The summed E-state index contributed by atoms with van der Waals surface area (Å²) in [6.07, 6.45) is 0.581. The number of carbonyl (C=O) groups excluding carboxylic acids is 1. The Morgan fingerprint density at radius 2 is 2.08 bits per heavy atom. The Bertz CT molecular complexity index is 639. The molecule has 1 atom stereocenters. The molecule has 1 unspecified atom stereocenters. The topological polar surface area (TPSA) is 77.0 Å². The molecule has 0 aliphatic carbocycles. The minimum Gasteiger partial charge on any atom is -0.497 e. The van der Waals surface area contributed by atoms with Gasteiger partial charge in [0.15, 0.2) is 0 Å². The zero-order valence-electron chi connectivity index (χ0n) is 15.9. The molecule has 2 N–H and O–H groups in total. The molecule has 0 radical (unpaired) electrons. The van der Waals surface area contributed by atoms with Gasteiger partial charge in [0.1, 0.15) is 23.7 Å². The van der Waals surface area contributed by atoms with E-state index in [1.54, 1.807) is 19.2 Å². The zero-order chi connectivity index (χ0) is 18.8. The summed E-state index contributed by atoms with van der Waals surface area (Å²) in [6.45, 7) is 10.0. The second-order valence-corrected chi connectivity index (χ2v) is 7.88. The van der Waals surface area contributed by atoms with Crippen molar-refractivity contribution in [2.75, 3.05) is 20.3 Å². The molecule has 6 heteroatoms. The molecule has 1 aliphatic rings. The van der Waals surface area contributed by atoms with Crippen LogP contribution >= 0.6 is 0 Å². The summed E-state index contributed by atoms with van der Waals surface area (Å²) in [6, 6.07) is 3.51. The summed E-state index contributed by atoms with van der Waals surface area (Å²) in [4.78, 5) is 12.3. The first-order valence-corrected chi connectivity index (χ1v) is 8.52. The number of methoxy groups -OCH3 is 1. The number of aliphatic hydroxyl groups excluding tert-OH is 1. The molecule has 0 bridgehead atoms. The third-order valence-electron chi connectivity index (χ3n) is 4.13. The summed E-state index contributed by atoms with van der Waals surface area (Å²) in [7, 11) is 1.55. The molecule has 0 saturated carbocycles. The normalized spacial score (nSPS) is 17.5. The maximum atomic E-state index is 12.3. The third-order valence-corrected chi connectivity index (χ3v) is 4.13. The molecule has 1 aromatic carbocycles.